The summed E-state index contributed by atoms with van der Waals surface area (Å²) < 4.78 is 4.71. The van der Waals surface area contributed by atoms with Crippen LogP contribution in [-0.4, -0.2) is 36.1 Å². The lowest BCUT2D eigenvalue weighted by Crippen LogP contribution is -2.57. The number of ether oxygens (including phenoxy) is 1. The lowest BCUT2D eigenvalue weighted by molar-refractivity contribution is -0.126. The number of nitrogens with two attached hydrogens (primary N) is 1. The van der Waals surface area contributed by atoms with E-state index in [2.05, 4.69) is 0 Å². The maximum Gasteiger partial charge on any atom is 0.410 e. The molecule has 1 atom stereocenters. The number of likely N-dealkylation sites (tertiary alicyclic amines) is 1. The Labute approximate surface area is 70.5 Å². The smallest absolute Gasteiger partial charge is 0.410 e. The van der Waals surface area contributed by atoms with Gasteiger partial charge in [-0.05, 0) is 13.3 Å². The highest BCUT2D eigenvalue weighted by Crippen LogP contribution is 2.17. The summed E-state index contributed by atoms with van der Waals surface area (Å²) in [6, 6.07) is -0.455. The summed E-state index contributed by atoms with van der Waals surface area (Å²) in [5.74, 6) is -0.464. The fraction of sp³-hybridized carbons (Fsp3) is 0.714. The molecule has 1 unspecified atom stereocenters. The SMILES string of the molecule is CCOC(=O)N1CCC1C(N)=O. The number of carbonyl (C=O) groups excluding carboxylic acids is 2. The van der Waals surface area contributed by atoms with Crippen molar-refractivity contribution >= 4 is 12.0 Å². The minimum atomic E-state index is -0.464. The van der Waals surface area contributed by atoms with Gasteiger partial charge in [-0.25, -0.2) is 4.79 Å². The molecule has 0 radical (unpaired) electrons. The first-order chi connectivity index (χ1) is 5.66. The standard InChI is InChI=1S/C7H12N2O3/c1-2-12-7(11)9-4-3-5(9)6(8)10/h5H,2-4H2,1H3,(H2,8,10). The predicted molar refractivity (Wildman–Crippen MR) is 41.3 cm³/mol. The van der Waals surface area contributed by atoms with E-state index < -0.39 is 18.0 Å². The molecule has 1 aliphatic heterocycles. The molecule has 1 fully saturated rings. The third-order valence-corrected chi connectivity index (χ3v) is 1.85. The fourth-order valence-electron chi connectivity index (χ4n) is 1.11. The van der Waals surface area contributed by atoms with Gasteiger partial charge < -0.3 is 10.5 Å². The summed E-state index contributed by atoms with van der Waals surface area (Å²) in [6.45, 7) is 2.60. The largest absolute Gasteiger partial charge is 0.450 e. The van der Waals surface area contributed by atoms with Crippen molar-refractivity contribution in [2.45, 2.75) is 19.4 Å². The minimum absolute atomic E-state index is 0.320. The molecule has 2 amide bonds. The van der Waals surface area contributed by atoms with Gasteiger partial charge in [0.05, 0.1) is 6.61 Å². The van der Waals surface area contributed by atoms with Crippen LogP contribution in [0.1, 0.15) is 13.3 Å². The van der Waals surface area contributed by atoms with Crippen LogP contribution < -0.4 is 5.73 Å². The Kier molecular flexibility index (Phi) is 2.52. The van der Waals surface area contributed by atoms with Crippen molar-refractivity contribution in [3.63, 3.8) is 0 Å². The van der Waals surface area contributed by atoms with Gasteiger partial charge in [0.2, 0.25) is 5.91 Å². The number of carbonyl (C=O) groups is 2. The Morgan fingerprint density at radius 3 is 2.67 bits per heavy atom. The van der Waals surface area contributed by atoms with E-state index in [0.717, 1.165) is 0 Å². The molecule has 1 heterocycles. The van der Waals surface area contributed by atoms with Crippen LogP contribution in [0.2, 0.25) is 0 Å². The van der Waals surface area contributed by atoms with Gasteiger partial charge in [-0.1, -0.05) is 0 Å². The molecular formula is C7H12N2O3. The first-order valence-corrected chi connectivity index (χ1v) is 3.89. The number of nitrogens with zero attached hydrogens (tertiary/aromatic N) is 1. The quantitative estimate of drug-likeness (QED) is 0.621. The third-order valence-electron chi connectivity index (χ3n) is 1.85. The fourth-order valence-corrected chi connectivity index (χ4v) is 1.11. The molecule has 1 aliphatic rings. The van der Waals surface area contributed by atoms with Gasteiger partial charge in [0.1, 0.15) is 6.04 Å². The second-order valence-corrected chi connectivity index (χ2v) is 2.60. The van der Waals surface area contributed by atoms with Crippen molar-refractivity contribution < 1.29 is 14.3 Å². The Balaban J connectivity index is 2.43. The van der Waals surface area contributed by atoms with Crippen LogP contribution in [0, 0.1) is 0 Å². The Bertz CT molecular complexity index is 205. The Morgan fingerprint density at radius 2 is 2.33 bits per heavy atom. The summed E-state index contributed by atoms with van der Waals surface area (Å²) in [5, 5.41) is 0. The number of primary amides is 1. The van der Waals surface area contributed by atoms with Crippen LogP contribution >= 0.6 is 0 Å². The van der Waals surface area contributed by atoms with E-state index in [0.29, 0.717) is 19.6 Å². The molecule has 5 nitrogen and oxygen atoms in total. The maximum atomic E-state index is 11.0. The molecule has 0 saturated carbocycles. The second-order valence-electron chi connectivity index (χ2n) is 2.60. The van der Waals surface area contributed by atoms with Gasteiger partial charge in [-0.3, -0.25) is 9.69 Å². The van der Waals surface area contributed by atoms with Crippen LogP contribution in [0.4, 0.5) is 4.79 Å². The van der Waals surface area contributed by atoms with Crippen LogP contribution in [-0.2, 0) is 9.53 Å². The van der Waals surface area contributed by atoms with Crippen molar-refractivity contribution in [3.8, 4) is 0 Å². The van der Waals surface area contributed by atoms with Gasteiger partial charge in [-0.15, -0.1) is 0 Å². The summed E-state index contributed by atoms with van der Waals surface area (Å²) in [4.78, 5) is 23.0. The van der Waals surface area contributed by atoms with E-state index in [4.69, 9.17) is 10.5 Å². The Hall–Kier alpha value is -1.26. The summed E-state index contributed by atoms with van der Waals surface area (Å²) >= 11 is 0. The first kappa shape index (κ1) is 8.83. The van der Waals surface area contributed by atoms with Crippen LogP contribution in [0.3, 0.4) is 0 Å². The molecule has 0 aromatic carbocycles. The zero-order valence-electron chi connectivity index (χ0n) is 6.95. The highest BCUT2D eigenvalue weighted by molar-refractivity contribution is 5.85. The van der Waals surface area contributed by atoms with Crippen LogP contribution in [0.15, 0.2) is 0 Å². The average molecular weight is 172 g/mol. The van der Waals surface area contributed by atoms with E-state index in [1.165, 1.54) is 4.90 Å². The molecule has 0 aliphatic carbocycles. The molecular weight excluding hydrogens is 160 g/mol. The zero-order chi connectivity index (χ0) is 9.14. The van der Waals surface area contributed by atoms with Crippen molar-refractivity contribution in [2.24, 2.45) is 5.73 Å². The molecule has 0 aromatic rings. The summed E-state index contributed by atoms with van der Waals surface area (Å²) in [6.07, 6.45) is 0.196. The van der Waals surface area contributed by atoms with Gasteiger partial charge in [0.25, 0.3) is 0 Å². The first-order valence-electron chi connectivity index (χ1n) is 3.89. The molecule has 1 rings (SSSR count). The predicted octanol–water partition coefficient (Wildman–Crippen LogP) is -0.298. The van der Waals surface area contributed by atoms with Gasteiger partial charge >= 0.3 is 6.09 Å². The monoisotopic (exact) mass is 172 g/mol. The van der Waals surface area contributed by atoms with E-state index in [1.807, 2.05) is 0 Å². The Morgan fingerprint density at radius 1 is 1.67 bits per heavy atom. The molecule has 1 saturated heterocycles. The van der Waals surface area contributed by atoms with E-state index >= 15 is 0 Å². The van der Waals surface area contributed by atoms with Crippen molar-refractivity contribution in [1.82, 2.24) is 4.90 Å². The number of hydrogen-bond donors (Lipinski definition) is 1. The lowest BCUT2D eigenvalue weighted by Gasteiger charge is -2.37. The number of amides is 2. The third kappa shape index (κ3) is 1.49. The van der Waals surface area contributed by atoms with Gasteiger partial charge in [0, 0.05) is 6.54 Å². The molecule has 68 valence electrons. The molecule has 5 heteroatoms. The van der Waals surface area contributed by atoms with E-state index in [9.17, 15) is 9.59 Å². The van der Waals surface area contributed by atoms with Crippen molar-refractivity contribution in [1.29, 1.82) is 0 Å². The van der Waals surface area contributed by atoms with Gasteiger partial charge in [0.15, 0.2) is 0 Å². The summed E-state index contributed by atoms with van der Waals surface area (Å²) in [5.41, 5.74) is 5.03. The highest BCUT2D eigenvalue weighted by atomic mass is 16.6. The normalized spacial score (nSPS) is 21.4. The number of rotatable bonds is 2. The summed E-state index contributed by atoms with van der Waals surface area (Å²) in [7, 11) is 0. The molecule has 0 spiro atoms. The average Bonchev–Trinajstić information content (AvgIpc) is 1.82. The number of hydrogen-bond acceptors (Lipinski definition) is 3. The lowest BCUT2D eigenvalue weighted by atomic mass is 10.0. The van der Waals surface area contributed by atoms with Crippen molar-refractivity contribution in [2.75, 3.05) is 13.2 Å². The molecule has 12 heavy (non-hydrogen) atoms. The molecule has 0 aromatic heterocycles. The van der Waals surface area contributed by atoms with Crippen LogP contribution in [0.25, 0.3) is 0 Å². The highest BCUT2D eigenvalue weighted by Gasteiger charge is 2.36. The van der Waals surface area contributed by atoms with Gasteiger partial charge in [-0.2, -0.15) is 0 Å². The van der Waals surface area contributed by atoms with E-state index in [-0.39, 0.29) is 0 Å². The molecule has 0 bridgehead atoms. The van der Waals surface area contributed by atoms with Crippen molar-refractivity contribution in [3.05, 3.63) is 0 Å². The topological polar surface area (TPSA) is 72.6 Å². The van der Waals surface area contributed by atoms with Crippen LogP contribution in [0.5, 0.6) is 0 Å². The second kappa shape index (κ2) is 3.42. The molecule has 2 N–H and O–H groups in total. The maximum absolute atomic E-state index is 11.0. The zero-order valence-corrected chi connectivity index (χ0v) is 6.95. The van der Waals surface area contributed by atoms with E-state index in [1.54, 1.807) is 6.92 Å². The minimum Gasteiger partial charge on any atom is -0.450 e.